The Morgan fingerprint density at radius 2 is 2.00 bits per heavy atom. The molecule has 1 aliphatic carbocycles. The Bertz CT molecular complexity index is 226. The minimum Gasteiger partial charge on any atom is -0.395 e. The summed E-state index contributed by atoms with van der Waals surface area (Å²) in [6.07, 6.45) is -3.48. The number of alkyl halides is 3. The second-order valence-corrected chi connectivity index (χ2v) is 3.69. The van der Waals surface area contributed by atoms with E-state index in [1.807, 2.05) is 0 Å². The van der Waals surface area contributed by atoms with Gasteiger partial charge in [0.25, 0.3) is 0 Å². The van der Waals surface area contributed by atoms with Crippen LogP contribution in [0.25, 0.3) is 0 Å². The quantitative estimate of drug-likeness (QED) is 0.783. The Hall–Kier alpha value is -0.780. The van der Waals surface area contributed by atoms with E-state index in [-0.39, 0.29) is 19.2 Å². The molecule has 1 saturated carbocycles. The average Bonchev–Trinajstić information content (AvgIpc) is 1.96. The Morgan fingerprint density at radius 1 is 1.40 bits per heavy atom. The van der Waals surface area contributed by atoms with E-state index >= 15 is 0 Å². The number of aliphatic hydroxyl groups excluding tert-OH is 1. The first-order chi connectivity index (χ1) is 6.94. The number of amides is 1. The molecule has 0 bridgehead atoms. The minimum absolute atomic E-state index is 0.000417. The number of nitrogens with zero attached hydrogens (tertiary/aromatic N) is 1. The molecule has 0 aromatic heterocycles. The molecule has 3 nitrogen and oxygen atoms in total. The molecule has 0 radical (unpaired) electrons. The SMILES string of the molecule is O=C(CC(F)(F)F)N(CCO)C1CCC1. The van der Waals surface area contributed by atoms with Crippen molar-refractivity contribution in [3.63, 3.8) is 0 Å². The number of carbonyl (C=O) groups excluding carboxylic acids is 1. The lowest BCUT2D eigenvalue weighted by atomic mass is 9.91. The summed E-state index contributed by atoms with van der Waals surface area (Å²) in [5.74, 6) is -0.929. The van der Waals surface area contributed by atoms with E-state index in [1.54, 1.807) is 0 Å². The standard InChI is InChI=1S/C9H14F3NO2/c10-9(11,12)6-8(15)13(4-5-14)7-2-1-3-7/h7,14H,1-6H2. The van der Waals surface area contributed by atoms with Gasteiger partial charge in [0.05, 0.1) is 6.61 Å². The highest BCUT2D eigenvalue weighted by atomic mass is 19.4. The van der Waals surface area contributed by atoms with Crippen LogP contribution in [0.5, 0.6) is 0 Å². The maximum absolute atomic E-state index is 12.0. The molecule has 0 heterocycles. The molecule has 0 aromatic rings. The van der Waals surface area contributed by atoms with Crippen LogP contribution >= 0.6 is 0 Å². The fourth-order valence-corrected chi connectivity index (χ4v) is 1.59. The van der Waals surface area contributed by atoms with Crippen LogP contribution in [0, 0.1) is 0 Å². The first kappa shape index (κ1) is 12.3. The van der Waals surface area contributed by atoms with Crippen molar-refractivity contribution in [2.45, 2.75) is 37.9 Å². The van der Waals surface area contributed by atoms with E-state index in [9.17, 15) is 18.0 Å². The Labute approximate surface area is 85.9 Å². The molecule has 1 aliphatic rings. The van der Waals surface area contributed by atoms with Gasteiger partial charge in [-0.25, -0.2) is 0 Å². The Balaban J connectivity index is 2.50. The van der Waals surface area contributed by atoms with Crippen LogP contribution in [0.1, 0.15) is 25.7 Å². The molecule has 88 valence electrons. The third-order valence-electron chi connectivity index (χ3n) is 2.53. The first-order valence-electron chi connectivity index (χ1n) is 4.91. The average molecular weight is 225 g/mol. The first-order valence-corrected chi connectivity index (χ1v) is 4.91. The van der Waals surface area contributed by atoms with Gasteiger partial charge in [-0.3, -0.25) is 4.79 Å². The lowest BCUT2D eigenvalue weighted by Crippen LogP contribution is -2.46. The number of carbonyl (C=O) groups is 1. The van der Waals surface area contributed by atoms with Crippen molar-refractivity contribution in [1.82, 2.24) is 4.90 Å². The molecular formula is C9H14F3NO2. The van der Waals surface area contributed by atoms with Gasteiger partial charge < -0.3 is 10.0 Å². The molecule has 15 heavy (non-hydrogen) atoms. The van der Waals surface area contributed by atoms with Crippen molar-refractivity contribution in [1.29, 1.82) is 0 Å². The molecule has 0 atom stereocenters. The van der Waals surface area contributed by atoms with E-state index in [0.717, 1.165) is 24.2 Å². The van der Waals surface area contributed by atoms with E-state index in [4.69, 9.17) is 5.11 Å². The highest BCUT2D eigenvalue weighted by Gasteiger charge is 2.36. The third-order valence-corrected chi connectivity index (χ3v) is 2.53. The number of hydrogen-bond donors (Lipinski definition) is 1. The van der Waals surface area contributed by atoms with Gasteiger partial charge in [0.2, 0.25) is 5.91 Å². The highest BCUT2D eigenvalue weighted by molar-refractivity contribution is 5.77. The number of halogens is 3. The molecule has 1 N–H and O–H groups in total. The summed E-state index contributed by atoms with van der Waals surface area (Å²) < 4.78 is 35.9. The zero-order chi connectivity index (χ0) is 11.5. The summed E-state index contributed by atoms with van der Waals surface area (Å²) in [4.78, 5) is 12.4. The summed E-state index contributed by atoms with van der Waals surface area (Å²) in [5, 5.41) is 8.68. The van der Waals surface area contributed by atoms with Crippen molar-refractivity contribution in [3.05, 3.63) is 0 Å². The Morgan fingerprint density at radius 3 is 2.33 bits per heavy atom. The second kappa shape index (κ2) is 4.83. The van der Waals surface area contributed by atoms with Crippen LogP contribution < -0.4 is 0 Å². The van der Waals surface area contributed by atoms with Gasteiger partial charge >= 0.3 is 6.18 Å². The minimum atomic E-state index is -4.46. The van der Waals surface area contributed by atoms with Gasteiger partial charge in [-0.2, -0.15) is 13.2 Å². The van der Waals surface area contributed by atoms with E-state index in [0.29, 0.717) is 0 Å². The fraction of sp³-hybridized carbons (Fsp3) is 0.889. The fourth-order valence-electron chi connectivity index (χ4n) is 1.59. The van der Waals surface area contributed by atoms with Crippen molar-refractivity contribution in [2.24, 2.45) is 0 Å². The van der Waals surface area contributed by atoms with E-state index < -0.39 is 18.5 Å². The maximum Gasteiger partial charge on any atom is 0.397 e. The van der Waals surface area contributed by atoms with Crippen LogP contribution in [-0.4, -0.2) is 41.3 Å². The van der Waals surface area contributed by atoms with Gasteiger partial charge in [0.1, 0.15) is 6.42 Å². The van der Waals surface area contributed by atoms with Crippen LogP contribution in [0.2, 0.25) is 0 Å². The van der Waals surface area contributed by atoms with Crippen molar-refractivity contribution in [3.8, 4) is 0 Å². The smallest absolute Gasteiger partial charge is 0.395 e. The largest absolute Gasteiger partial charge is 0.397 e. The Kier molecular flexibility index (Phi) is 3.96. The molecular weight excluding hydrogens is 211 g/mol. The topological polar surface area (TPSA) is 40.5 Å². The van der Waals surface area contributed by atoms with Gasteiger partial charge in [-0.1, -0.05) is 0 Å². The monoisotopic (exact) mass is 225 g/mol. The highest BCUT2D eigenvalue weighted by Crippen LogP contribution is 2.27. The lowest BCUT2D eigenvalue weighted by Gasteiger charge is -2.37. The number of rotatable bonds is 4. The third kappa shape index (κ3) is 3.70. The second-order valence-electron chi connectivity index (χ2n) is 3.69. The normalized spacial score (nSPS) is 17.3. The molecule has 0 spiro atoms. The van der Waals surface area contributed by atoms with Crippen LogP contribution in [0.15, 0.2) is 0 Å². The number of aliphatic hydroxyl groups is 1. The lowest BCUT2D eigenvalue weighted by molar-refractivity contribution is -0.164. The van der Waals surface area contributed by atoms with Gasteiger partial charge in [0.15, 0.2) is 0 Å². The van der Waals surface area contributed by atoms with Crippen molar-refractivity contribution < 1.29 is 23.1 Å². The molecule has 1 rings (SSSR count). The van der Waals surface area contributed by atoms with Crippen LogP contribution in [-0.2, 0) is 4.79 Å². The molecule has 6 heteroatoms. The summed E-state index contributed by atoms with van der Waals surface area (Å²) in [6.45, 7) is -0.292. The van der Waals surface area contributed by atoms with Crippen molar-refractivity contribution in [2.75, 3.05) is 13.2 Å². The van der Waals surface area contributed by atoms with Crippen LogP contribution in [0.3, 0.4) is 0 Å². The van der Waals surface area contributed by atoms with Crippen molar-refractivity contribution >= 4 is 5.91 Å². The molecule has 1 fully saturated rings. The van der Waals surface area contributed by atoms with E-state index in [2.05, 4.69) is 0 Å². The van der Waals surface area contributed by atoms with E-state index in [1.165, 1.54) is 0 Å². The summed E-state index contributed by atoms with van der Waals surface area (Å²) in [7, 11) is 0. The van der Waals surface area contributed by atoms with Gasteiger partial charge in [-0.15, -0.1) is 0 Å². The predicted octanol–water partition coefficient (Wildman–Crippen LogP) is 1.31. The summed E-state index contributed by atoms with van der Waals surface area (Å²) in [5.41, 5.74) is 0. The molecule has 1 amide bonds. The predicted molar refractivity (Wildman–Crippen MR) is 47.1 cm³/mol. The van der Waals surface area contributed by atoms with Crippen LogP contribution in [0.4, 0.5) is 13.2 Å². The number of hydrogen-bond acceptors (Lipinski definition) is 2. The summed E-state index contributed by atoms with van der Waals surface area (Å²) >= 11 is 0. The maximum atomic E-state index is 12.0. The summed E-state index contributed by atoms with van der Waals surface area (Å²) in [6, 6.07) is -0.105. The molecule has 0 aliphatic heterocycles. The zero-order valence-corrected chi connectivity index (χ0v) is 8.26. The molecule has 0 aromatic carbocycles. The molecule has 0 unspecified atom stereocenters. The molecule has 0 saturated heterocycles. The van der Waals surface area contributed by atoms with Gasteiger partial charge in [-0.05, 0) is 19.3 Å². The van der Waals surface area contributed by atoms with Gasteiger partial charge in [0, 0.05) is 12.6 Å². The zero-order valence-electron chi connectivity index (χ0n) is 8.26.